The molecule has 1 aliphatic carbocycles. The van der Waals surface area contributed by atoms with E-state index in [1.807, 2.05) is 12.1 Å². The van der Waals surface area contributed by atoms with E-state index in [1.54, 1.807) is 0 Å². The average molecular weight is 458 g/mol. The quantitative estimate of drug-likeness (QED) is 0.650. The van der Waals surface area contributed by atoms with Crippen molar-refractivity contribution in [2.75, 3.05) is 26.2 Å². The highest BCUT2D eigenvalue weighted by Gasteiger charge is 2.32. The van der Waals surface area contributed by atoms with Gasteiger partial charge in [0.25, 0.3) is 0 Å². The molecule has 0 N–H and O–H groups in total. The van der Waals surface area contributed by atoms with E-state index in [9.17, 15) is 4.79 Å². The lowest BCUT2D eigenvalue weighted by molar-refractivity contribution is -0.139. The molecule has 6 nitrogen and oxygen atoms in total. The van der Waals surface area contributed by atoms with Gasteiger partial charge in [-0.3, -0.25) is 9.69 Å². The third-order valence-electron chi connectivity index (χ3n) is 5.27. The van der Waals surface area contributed by atoms with Crippen molar-refractivity contribution in [2.45, 2.75) is 51.7 Å². The molecule has 1 amide bonds. The Morgan fingerprint density at radius 2 is 1.80 bits per heavy atom. The molecule has 1 aliphatic heterocycles. The first kappa shape index (κ1) is 18.8. The van der Waals surface area contributed by atoms with E-state index in [4.69, 9.17) is 4.74 Å². The second-order valence-corrected chi connectivity index (χ2v) is 8.35. The zero-order chi connectivity index (χ0) is 17.8. The Kier molecular flexibility index (Phi) is 6.49. The van der Waals surface area contributed by atoms with Gasteiger partial charge in [0.15, 0.2) is 0 Å². The first-order chi connectivity index (χ1) is 12.0. The summed E-state index contributed by atoms with van der Waals surface area (Å²) in [4.78, 5) is 17.3. The van der Waals surface area contributed by atoms with Crippen LogP contribution in [0.15, 0.2) is 12.1 Å². The summed E-state index contributed by atoms with van der Waals surface area (Å²) in [6.07, 6.45) is 3.79. The lowest BCUT2D eigenvalue weighted by Gasteiger charge is -2.39. The fourth-order valence-electron chi connectivity index (χ4n) is 3.68. The van der Waals surface area contributed by atoms with Crippen LogP contribution >= 0.6 is 22.6 Å². The molecule has 0 spiro atoms. The molecule has 2 fully saturated rings. The molecule has 0 bridgehead atoms. The molecule has 2 aliphatic rings. The van der Waals surface area contributed by atoms with Gasteiger partial charge in [0.2, 0.25) is 11.8 Å². The third-order valence-corrected chi connectivity index (χ3v) is 5.85. The predicted octanol–water partition coefficient (Wildman–Crippen LogP) is 2.57. The van der Waals surface area contributed by atoms with E-state index in [0.29, 0.717) is 17.8 Å². The van der Waals surface area contributed by atoms with Crippen LogP contribution in [-0.2, 0) is 4.79 Å². The molecule has 1 saturated carbocycles. The first-order valence-corrected chi connectivity index (χ1v) is 10.3. The van der Waals surface area contributed by atoms with Crippen LogP contribution in [0.5, 0.6) is 5.88 Å². The zero-order valence-corrected chi connectivity index (χ0v) is 17.2. The topological polar surface area (TPSA) is 58.6 Å². The van der Waals surface area contributed by atoms with Gasteiger partial charge in [-0.2, -0.15) is 0 Å². The van der Waals surface area contributed by atoms with Crippen molar-refractivity contribution in [3.63, 3.8) is 0 Å². The normalized spacial score (nSPS) is 25.2. The Morgan fingerprint density at radius 1 is 1.12 bits per heavy atom. The number of halogens is 1. The van der Waals surface area contributed by atoms with Crippen molar-refractivity contribution in [2.24, 2.45) is 5.92 Å². The smallest absolute Gasteiger partial charge is 0.233 e. The number of carbonyl (C=O) groups excluding carboxylic acids is 1. The summed E-state index contributed by atoms with van der Waals surface area (Å²) in [6, 6.07) is 4.32. The van der Waals surface area contributed by atoms with Crippen LogP contribution in [0.25, 0.3) is 0 Å². The molecule has 3 rings (SSSR count). The number of piperazine rings is 1. The van der Waals surface area contributed by atoms with Crippen molar-refractivity contribution in [3.05, 3.63) is 15.8 Å². The van der Waals surface area contributed by atoms with Crippen molar-refractivity contribution in [1.82, 2.24) is 20.0 Å². The minimum Gasteiger partial charge on any atom is -0.473 e. The number of rotatable bonds is 4. The largest absolute Gasteiger partial charge is 0.473 e. The van der Waals surface area contributed by atoms with Gasteiger partial charge < -0.3 is 9.64 Å². The Balaban J connectivity index is 1.44. The summed E-state index contributed by atoms with van der Waals surface area (Å²) in [5, 5.41) is 8.08. The molecule has 7 heteroatoms. The highest BCUT2D eigenvalue weighted by Crippen LogP contribution is 2.29. The average Bonchev–Trinajstić information content (AvgIpc) is 2.64. The molecule has 2 heterocycles. The minimum atomic E-state index is 0.149. The van der Waals surface area contributed by atoms with E-state index in [2.05, 4.69) is 56.4 Å². The first-order valence-electron chi connectivity index (χ1n) is 9.21. The Hall–Kier alpha value is -0.960. The lowest BCUT2D eigenvalue weighted by atomic mass is 9.86. The molecule has 138 valence electrons. The number of amides is 1. The maximum atomic E-state index is 12.8. The molecule has 1 aromatic heterocycles. The van der Waals surface area contributed by atoms with Crippen molar-refractivity contribution >= 4 is 28.5 Å². The number of aromatic nitrogens is 2. The van der Waals surface area contributed by atoms with Gasteiger partial charge >= 0.3 is 0 Å². The number of nitrogens with zero attached hydrogens (tertiary/aromatic N) is 4. The molecule has 1 aromatic rings. The van der Waals surface area contributed by atoms with E-state index in [-0.39, 0.29) is 12.0 Å². The minimum absolute atomic E-state index is 0.149. The molecule has 0 atom stereocenters. The van der Waals surface area contributed by atoms with E-state index >= 15 is 0 Å². The number of hydrogen-bond donors (Lipinski definition) is 0. The fourth-order valence-corrected chi connectivity index (χ4v) is 3.97. The van der Waals surface area contributed by atoms with Gasteiger partial charge in [-0.25, -0.2) is 0 Å². The summed E-state index contributed by atoms with van der Waals surface area (Å²) < 4.78 is 6.77. The summed E-state index contributed by atoms with van der Waals surface area (Å²) in [5.41, 5.74) is 0. The van der Waals surface area contributed by atoms with Crippen LogP contribution in [0, 0.1) is 9.62 Å². The number of hydrogen-bond acceptors (Lipinski definition) is 5. The van der Waals surface area contributed by atoms with E-state index in [1.165, 1.54) is 0 Å². The summed E-state index contributed by atoms with van der Waals surface area (Å²) in [6.45, 7) is 8.16. The SMILES string of the molecule is CC(C)N1CCN(C(=O)C2CCC(Oc3ccc(I)nn3)CC2)CC1. The molecule has 0 unspecified atom stereocenters. The molecule has 1 saturated heterocycles. The van der Waals surface area contributed by atoms with Gasteiger partial charge in [0.1, 0.15) is 9.80 Å². The maximum Gasteiger partial charge on any atom is 0.233 e. The fraction of sp³-hybridized carbons (Fsp3) is 0.722. The maximum absolute atomic E-state index is 12.8. The standard InChI is InChI=1S/C18H27IN4O2/c1-13(2)22-9-11-23(12-10-22)18(24)14-3-5-15(6-4-14)25-17-8-7-16(19)20-21-17/h7-8,13-15H,3-6,9-12H2,1-2H3. The van der Waals surface area contributed by atoms with Gasteiger partial charge in [-0.1, -0.05) is 0 Å². The monoisotopic (exact) mass is 458 g/mol. The van der Waals surface area contributed by atoms with Crippen LogP contribution in [0.1, 0.15) is 39.5 Å². The molecular weight excluding hydrogens is 431 g/mol. The van der Waals surface area contributed by atoms with Gasteiger partial charge in [0.05, 0.1) is 0 Å². The number of carbonyl (C=O) groups is 1. The predicted molar refractivity (Wildman–Crippen MR) is 104 cm³/mol. The van der Waals surface area contributed by atoms with E-state index in [0.717, 1.165) is 55.6 Å². The van der Waals surface area contributed by atoms with Crippen LogP contribution in [0.2, 0.25) is 0 Å². The summed E-state index contributed by atoms with van der Waals surface area (Å²) >= 11 is 2.13. The highest BCUT2D eigenvalue weighted by molar-refractivity contribution is 14.1. The Bertz CT molecular complexity index is 565. The molecule has 0 aromatic carbocycles. The van der Waals surface area contributed by atoms with Gasteiger partial charge in [0, 0.05) is 44.2 Å². The summed E-state index contributed by atoms with van der Waals surface area (Å²) in [5.74, 6) is 1.09. The van der Waals surface area contributed by atoms with Gasteiger partial charge in [-0.05, 0) is 68.2 Å². The van der Waals surface area contributed by atoms with Crippen molar-refractivity contribution in [1.29, 1.82) is 0 Å². The Labute approximate surface area is 163 Å². The molecular formula is C18H27IN4O2. The lowest BCUT2D eigenvalue weighted by Crippen LogP contribution is -2.52. The van der Waals surface area contributed by atoms with Crippen LogP contribution in [-0.4, -0.2) is 64.2 Å². The summed E-state index contributed by atoms with van der Waals surface area (Å²) in [7, 11) is 0. The third kappa shape index (κ3) is 5.03. The van der Waals surface area contributed by atoms with Crippen molar-refractivity contribution < 1.29 is 9.53 Å². The van der Waals surface area contributed by atoms with Crippen LogP contribution < -0.4 is 4.74 Å². The molecule has 0 radical (unpaired) electrons. The second-order valence-electron chi connectivity index (χ2n) is 7.24. The van der Waals surface area contributed by atoms with E-state index < -0.39 is 0 Å². The Morgan fingerprint density at radius 3 is 2.36 bits per heavy atom. The molecule has 25 heavy (non-hydrogen) atoms. The second kappa shape index (κ2) is 8.62. The van der Waals surface area contributed by atoms with Crippen molar-refractivity contribution in [3.8, 4) is 5.88 Å². The number of ether oxygens (including phenoxy) is 1. The van der Waals surface area contributed by atoms with Crippen LogP contribution in [0.4, 0.5) is 0 Å². The van der Waals surface area contributed by atoms with Gasteiger partial charge in [-0.15, -0.1) is 10.2 Å². The highest BCUT2D eigenvalue weighted by atomic mass is 127. The zero-order valence-electron chi connectivity index (χ0n) is 15.0. The van der Waals surface area contributed by atoms with Crippen LogP contribution in [0.3, 0.4) is 0 Å².